The fraction of sp³-hybridized carbons (Fsp3) is 0.400. The van der Waals surface area contributed by atoms with Gasteiger partial charge in [-0.1, -0.05) is 18.2 Å². The van der Waals surface area contributed by atoms with Crippen LogP contribution in [0.15, 0.2) is 35.3 Å². The Hall–Kier alpha value is -2.41. The van der Waals surface area contributed by atoms with Crippen molar-refractivity contribution in [2.24, 2.45) is 4.99 Å². The van der Waals surface area contributed by atoms with E-state index in [4.69, 9.17) is 4.74 Å². The number of carbonyl (C=O) groups is 2. The summed E-state index contributed by atoms with van der Waals surface area (Å²) in [5, 5.41) is 5.52. The number of morpholine rings is 1. The molecule has 0 saturated carbocycles. The molecule has 2 aliphatic rings. The predicted octanol–water partition coefficient (Wildman–Crippen LogP) is 0.202. The normalized spacial score (nSPS) is 21.8. The van der Waals surface area contributed by atoms with Gasteiger partial charge in [-0.3, -0.25) is 14.9 Å². The largest absolute Gasteiger partial charge is 0.378 e. The molecule has 2 N–H and O–H groups in total. The first-order valence-corrected chi connectivity index (χ1v) is 7.28. The first kappa shape index (κ1) is 14.5. The molecule has 2 heterocycles. The van der Waals surface area contributed by atoms with Crippen LogP contribution in [0.25, 0.3) is 0 Å². The Labute approximate surface area is 128 Å². The van der Waals surface area contributed by atoms with Crippen LogP contribution in [-0.2, 0) is 14.3 Å². The van der Waals surface area contributed by atoms with Crippen LogP contribution in [-0.4, -0.2) is 55.0 Å². The number of carbonyl (C=O) groups excluding carboxylic acids is 2. The number of ether oxygens (including phenoxy) is 1. The van der Waals surface area contributed by atoms with Crippen molar-refractivity contribution in [3.8, 4) is 0 Å². The second-order valence-corrected chi connectivity index (χ2v) is 5.18. The van der Waals surface area contributed by atoms with E-state index in [2.05, 4.69) is 15.6 Å². The third kappa shape index (κ3) is 3.43. The number of para-hydroxylation sites is 1. The predicted molar refractivity (Wildman–Crippen MR) is 81.4 cm³/mol. The van der Waals surface area contributed by atoms with Crippen LogP contribution in [0.2, 0.25) is 0 Å². The minimum Gasteiger partial charge on any atom is -0.378 e. The summed E-state index contributed by atoms with van der Waals surface area (Å²) in [5.74, 6) is 0.00396. The maximum atomic E-state index is 12.3. The number of aliphatic imine (C=N–C) groups is 1. The number of benzene rings is 1. The lowest BCUT2D eigenvalue weighted by molar-refractivity contribution is -0.125. The second kappa shape index (κ2) is 6.57. The number of hydrogen-bond donors (Lipinski definition) is 2. The van der Waals surface area contributed by atoms with E-state index < -0.39 is 6.04 Å². The lowest BCUT2D eigenvalue weighted by Crippen LogP contribution is -2.53. The molecule has 0 bridgehead atoms. The summed E-state index contributed by atoms with van der Waals surface area (Å²) in [7, 11) is 0. The molecule has 2 aliphatic heterocycles. The molecule has 1 aromatic carbocycles. The summed E-state index contributed by atoms with van der Waals surface area (Å²) in [6.07, 6.45) is 0.0620. The molecule has 2 amide bonds. The standard InChI is InChI=1S/C15H18N4O3/c20-13-10-12(14(21)16-11-4-2-1-3-5-11)17-15(18-13)19-6-8-22-9-7-19/h1-5,12H,6-10H2,(H,16,21)(H,17,18,20)/t12-/m1/s1. The van der Waals surface area contributed by atoms with Crippen LogP contribution in [0, 0.1) is 0 Å². The van der Waals surface area contributed by atoms with E-state index in [-0.39, 0.29) is 18.2 Å². The maximum absolute atomic E-state index is 12.3. The third-order valence-electron chi connectivity index (χ3n) is 3.56. The summed E-state index contributed by atoms with van der Waals surface area (Å²) < 4.78 is 5.28. The van der Waals surface area contributed by atoms with Crippen molar-refractivity contribution >= 4 is 23.5 Å². The Morgan fingerprint density at radius 2 is 2.00 bits per heavy atom. The smallest absolute Gasteiger partial charge is 0.249 e. The first-order chi connectivity index (χ1) is 10.7. The van der Waals surface area contributed by atoms with Crippen LogP contribution >= 0.6 is 0 Å². The zero-order valence-corrected chi connectivity index (χ0v) is 12.1. The maximum Gasteiger partial charge on any atom is 0.249 e. The highest BCUT2D eigenvalue weighted by Gasteiger charge is 2.29. The molecular weight excluding hydrogens is 284 g/mol. The van der Waals surface area contributed by atoms with Gasteiger partial charge in [0.15, 0.2) is 0 Å². The van der Waals surface area contributed by atoms with Crippen LogP contribution in [0.1, 0.15) is 6.42 Å². The Morgan fingerprint density at radius 1 is 1.27 bits per heavy atom. The molecule has 0 aliphatic carbocycles. The molecule has 0 spiro atoms. The second-order valence-electron chi connectivity index (χ2n) is 5.18. The molecule has 116 valence electrons. The van der Waals surface area contributed by atoms with E-state index in [1.165, 1.54) is 0 Å². The molecular formula is C15H18N4O3. The van der Waals surface area contributed by atoms with Crippen molar-refractivity contribution in [2.75, 3.05) is 31.6 Å². The van der Waals surface area contributed by atoms with Gasteiger partial charge in [-0.2, -0.15) is 0 Å². The van der Waals surface area contributed by atoms with Gasteiger partial charge in [0.1, 0.15) is 6.04 Å². The number of guanidine groups is 1. The number of anilines is 1. The van der Waals surface area contributed by atoms with Gasteiger partial charge in [-0.15, -0.1) is 0 Å². The zero-order valence-electron chi connectivity index (χ0n) is 12.1. The molecule has 1 atom stereocenters. The first-order valence-electron chi connectivity index (χ1n) is 7.28. The third-order valence-corrected chi connectivity index (χ3v) is 3.56. The Kier molecular flexibility index (Phi) is 4.34. The van der Waals surface area contributed by atoms with Gasteiger partial charge in [0.2, 0.25) is 17.8 Å². The van der Waals surface area contributed by atoms with Gasteiger partial charge in [-0.05, 0) is 12.1 Å². The molecule has 1 saturated heterocycles. The molecule has 1 aromatic rings. The highest BCUT2D eigenvalue weighted by molar-refractivity contribution is 6.05. The Balaban J connectivity index is 1.71. The van der Waals surface area contributed by atoms with Crippen LogP contribution in [0.3, 0.4) is 0 Å². The molecule has 7 heteroatoms. The van der Waals surface area contributed by atoms with Crippen molar-refractivity contribution < 1.29 is 14.3 Å². The van der Waals surface area contributed by atoms with Crippen molar-refractivity contribution in [3.05, 3.63) is 30.3 Å². The van der Waals surface area contributed by atoms with Gasteiger partial charge >= 0.3 is 0 Å². The molecule has 1 fully saturated rings. The highest BCUT2D eigenvalue weighted by atomic mass is 16.5. The van der Waals surface area contributed by atoms with E-state index >= 15 is 0 Å². The monoisotopic (exact) mass is 302 g/mol. The highest BCUT2D eigenvalue weighted by Crippen LogP contribution is 2.12. The fourth-order valence-corrected chi connectivity index (χ4v) is 2.41. The quantitative estimate of drug-likeness (QED) is 0.817. The molecule has 0 aromatic heterocycles. The minimum absolute atomic E-state index is 0.0620. The molecule has 0 unspecified atom stereocenters. The Bertz CT molecular complexity index is 582. The number of amides is 2. The lowest BCUT2D eigenvalue weighted by atomic mass is 10.1. The van der Waals surface area contributed by atoms with Gasteiger partial charge in [-0.25, -0.2) is 4.99 Å². The lowest BCUT2D eigenvalue weighted by Gasteiger charge is -2.32. The number of hydrogen-bond acceptors (Lipinski definition) is 5. The van der Waals surface area contributed by atoms with Crippen LogP contribution in [0.4, 0.5) is 5.69 Å². The Morgan fingerprint density at radius 3 is 2.73 bits per heavy atom. The van der Waals surface area contributed by atoms with Gasteiger partial charge in [0, 0.05) is 18.8 Å². The van der Waals surface area contributed by atoms with Gasteiger partial charge < -0.3 is 15.0 Å². The van der Waals surface area contributed by atoms with Crippen LogP contribution < -0.4 is 10.6 Å². The summed E-state index contributed by atoms with van der Waals surface area (Å²) in [6.45, 7) is 2.50. The van der Waals surface area contributed by atoms with Gasteiger partial charge in [0.05, 0.1) is 19.6 Å². The number of nitrogens with one attached hydrogen (secondary N) is 2. The summed E-state index contributed by atoms with van der Waals surface area (Å²) in [5.41, 5.74) is 0.696. The van der Waals surface area contributed by atoms with Gasteiger partial charge in [0.25, 0.3) is 0 Å². The van der Waals surface area contributed by atoms with Crippen molar-refractivity contribution in [2.45, 2.75) is 12.5 Å². The SMILES string of the molecule is O=C1C[C@H](C(=O)Nc2ccccc2)N=C(N2CCOCC2)N1. The molecule has 7 nitrogen and oxygen atoms in total. The van der Waals surface area contributed by atoms with E-state index in [1.807, 2.05) is 23.1 Å². The summed E-state index contributed by atoms with van der Waals surface area (Å²) >= 11 is 0. The average molecular weight is 302 g/mol. The minimum atomic E-state index is -0.702. The van der Waals surface area contributed by atoms with E-state index in [0.29, 0.717) is 38.0 Å². The fourth-order valence-electron chi connectivity index (χ4n) is 2.41. The van der Waals surface area contributed by atoms with E-state index in [9.17, 15) is 9.59 Å². The van der Waals surface area contributed by atoms with Crippen molar-refractivity contribution in [1.82, 2.24) is 10.2 Å². The topological polar surface area (TPSA) is 83.0 Å². The van der Waals surface area contributed by atoms with E-state index in [1.54, 1.807) is 12.1 Å². The van der Waals surface area contributed by atoms with Crippen LogP contribution in [0.5, 0.6) is 0 Å². The average Bonchev–Trinajstić information content (AvgIpc) is 2.56. The molecule has 22 heavy (non-hydrogen) atoms. The van der Waals surface area contributed by atoms with E-state index in [0.717, 1.165) is 0 Å². The summed E-state index contributed by atoms with van der Waals surface area (Å²) in [4.78, 5) is 30.5. The van der Waals surface area contributed by atoms with Crippen molar-refractivity contribution in [3.63, 3.8) is 0 Å². The number of rotatable bonds is 2. The summed E-state index contributed by atoms with van der Waals surface area (Å²) in [6, 6.07) is 8.45. The zero-order chi connectivity index (χ0) is 15.4. The molecule has 3 rings (SSSR count). The number of nitrogens with zero attached hydrogens (tertiary/aromatic N) is 2. The van der Waals surface area contributed by atoms with Crippen molar-refractivity contribution in [1.29, 1.82) is 0 Å². The molecule has 0 radical (unpaired) electrons.